The molecule has 0 aliphatic rings. The highest BCUT2D eigenvalue weighted by molar-refractivity contribution is 5.95. The van der Waals surface area contributed by atoms with Crippen molar-refractivity contribution in [3.05, 3.63) is 29.8 Å². The normalized spacial score (nSPS) is 11.3. The molecule has 0 unspecified atom stereocenters. The molecule has 0 saturated heterocycles. The molecule has 3 heteroatoms. The second-order valence-corrected chi connectivity index (χ2v) is 6.33. The molecule has 0 bridgehead atoms. The molecule has 0 heterocycles. The number of hydrogen-bond donors (Lipinski definition) is 0. The zero-order valence-electron chi connectivity index (χ0n) is 14.6. The van der Waals surface area contributed by atoms with Crippen LogP contribution in [0.15, 0.2) is 24.3 Å². The van der Waals surface area contributed by atoms with Crippen molar-refractivity contribution in [1.82, 2.24) is 4.90 Å². The Bertz CT molecular complexity index is 441. The van der Waals surface area contributed by atoms with Gasteiger partial charge in [0.25, 0.3) is 5.91 Å². The topological polar surface area (TPSA) is 23.6 Å². The molecular weight excluding hydrogens is 260 g/mol. The maximum atomic E-state index is 12.6. The van der Waals surface area contributed by atoms with Crippen LogP contribution >= 0.6 is 0 Å². The van der Waals surface area contributed by atoms with Crippen molar-refractivity contribution < 1.29 is 4.79 Å². The van der Waals surface area contributed by atoms with E-state index < -0.39 is 0 Å². The van der Waals surface area contributed by atoms with Crippen molar-refractivity contribution in [2.24, 2.45) is 0 Å². The number of hydrogen-bond acceptors (Lipinski definition) is 2. The van der Waals surface area contributed by atoms with E-state index in [0.717, 1.165) is 12.1 Å². The minimum Gasteiger partial charge on any atom is -0.369 e. The molecule has 21 heavy (non-hydrogen) atoms. The number of nitrogens with zero attached hydrogens (tertiary/aromatic N) is 2. The van der Waals surface area contributed by atoms with E-state index in [1.54, 1.807) is 0 Å². The van der Waals surface area contributed by atoms with E-state index >= 15 is 0 Å². The molecule has 0 aliphatic heterocycles. The zero-order chi connectivity index (χ0) is 16.2. The van der Waals surface area contributed by atoms with Crippen molar-refractivity contribution in [2.75, 3.05) is 11.4 Å². The van der Waals surface area contributed by atoms with Crippen molar-refractivity contribution in [3.8, 4) is 0 Å². The third kappa shape index (κ3) is 4.23. The summed E-state index contributed by atoms with van der Waals surface area (Å²) in [5, 5.41) is 0. The number of carbonyl (C=O) groups is 1. The van der Waals surface area contributed by atoms with Gasteiger partial charge in [-0.15, -0.1) is 0 Å². The summed E-state index contributed by atoms with van der Waals surface area (Å²) in [6.45, 7) is 15.7. The number of carbonyl (C=O) groups excluding carboxylic acids is 1. The van der Waals surface area contributed by atoms with Gasteiger partial charge in [0.05, 0.1) is 0 Å². The van der Waals surface area contributed by atoms with Gasteiger partial charge in [0.15, 0.2) is 0 Å². The third-order valence-corrected chi connectivity index (χ3v) is 3.76. The molecule has 1 aromatic carbocycles. The number of benzene rings is 1. The Morgan fingerprint density at radius 3 is 1.71 bits per heavy atom. The molecule has 118 valence electrons. The van der Waals surface area contributed by atoms with Gasteiger partial charge in [-0.1, -0.05) is 0 Å². The first kappa shape index (κ1) is 17.5. The highest BCUT2D eigenvalue weighted by Gasteiger charge is 2.21. The second-order valence-electron chi connectivity index (χ2n) is 6.33. The third-order valence-electron chi connectivity index (χ3n) is 3.76. The van der Waals surface area contributed by atoms with Crippen molar-refractivity contribution in [1.29, 1.82) is 0 Å². The number of amides is 1. The molecule has 0 aliphatic carbocycles. The smallest absolute Gasteiger partial charge is 0.254 e. The zero-order valence-corrected chi connectivity index (χ0v) is 14.6. The Kier molecular flexibility index (Phi) is 6.25. The fourth-order valence-corrected chi connectivity index (χ4v) is 2.86. The summed E-state index contributed by atoms with van der Waals surface area (Å²) in [5.41, 5.74) is 1.94. The SMILES string of the molecule is CCN(c1ccc(C(=O)N(C(C)C)C(C)C)cc1)C(C)C. The van der Waals surface area contributed by atoms with E-state index in [-0.39, 0.29) is 18.0 Å². The van der Waals surface area contributed by atoms with E-state index in [1.165, 1.54) is 5.69 Å². The summed E-state index contributed by atoms with van der Waals surface area (Å²) in [6, 6.07) is 8.87. The molecular formula is C18H30N2O. The Morgan fingerprint density at radius 2 is 1.38 bits per heavy atom. The minimum atomic E-state index is 0.110. The molecule has 0 fully saturated rings. The summed E-state index contributed by atoms with van der Waals surface area (Å²) < 4.78 is 0. The average molecular weight is 290 g/mol. The summed E-state index contributed by atoms with van der Waals surface area (Å²) in [4.78, 5) is 16.9. The van der Waals surface area contributed by atoms with Crippen molar-refractivity contribution in [2.45, 2.75) is 66.6 Å². The monoisotopic (exact) mass is 290 g/mol. The first-order valence-corrected chi connectivity index (χ1v) is 7.98. The lowest BCUT2D eigenvalue weighted by Crippen LogP contribution is -2.42. The van der Waals surface area contributed by atoms with Crippen LogP contribution in [0, 0.1) is 0 Å². The Balaban J connectivity index is 2.98. The van der Waals surface area contributed by atoms with E-state index in [1.807, 2.05) is 17.0 Å². The molecule has 1 rings (SSSR count). The first-order chi connectivity index (χ1) is 9.79. The van der Waals surface area contributed by atoms with Gasteiger partial charge in [0, 0.05) is 35.9 Å². The molecule has 0 spiro atoms. The fourth-order valence-electron chi connectivity index (χ4n) is 2.86. The van der Waals surface area contributed by atoms with Gasteiger partial charge in [-0.25, -0.2) is 0 Å². The first-order valence-electron chi connectivity index (χ1n) is 7.98. The lowest BCUT2D eigenvalue weighted by molar-refractivity contribution is 0.0644. The summed E-state index contributed by atoms with van der Waals surface area (Å²) >= 11 is 0. The standard InChI is InChI=1S/C18H30N2O/c1-8-19(13(2)3)17-11-9-16(10-12-17)18(21)20(14(4)5)15(6)7/h9-15H,8H2,1-7H3. The van der Waals surface area contributed by atoms with Crippen LogP contribution in [-0.2, 0) is 0 Å². The second kappa shape index (κ2) is 7.48. The summed E-state index contributed by atoms with van der Waals surface area (Å²) in [6.07, 6.45) is 0. The van der Waals surface area contributed by atoms with Gasteiger partial charge in [-0.05, 0) is 72.7 Å². The van der Waals surface area contributed by atoms with Crippen LogP contribution in [0.5, 0.6) is 0 Å². The number of rotatable bonds is 6. The fraction of sp³-hybridized carbons (Fsp3) is 0.611. The van der Waals surface area contributed by atoms with E-state index in [4.69, 9.17) is 0 Å². The van der Waals surface area contributed by atoms with Gasteiger partial charge in [-0.3, -0.25) is 4.79 Å². The average Bonchev–Trinajstić information content (AvgIpc) is 2.38. The summed E-state index contributed by atoms with van der Waals surface area (Å²) in [5.74, 6) is 0.110. The molecule has 0 N–H and O–H groups in total. The molecule has 3 nitrogen and oxygen atoms in total. The summed E-state index contributed by atoms with van der Waals surface area (Å²) in [7, 11) is 0. The van der Waals surface area contributed by atoms with Crippen LogP contribution in [0.2, 0.25) is 0 Å². The molecule has 1 amide bonds. The predicted octanol–water partition coefficient (Wildman–Crippen LogP) is 4.18. The Labute approximate surface area is 129 Å². The van der Waals surface area contributed by atoms with Gasteiger partial charge in [-0.2, -0.15) is 0 Å². The minimum absolute atomic E-state index is 0.110. The van der Waals surface area contributed by atoms with E-state index in [2.05, 4.69) is 65.5 Å². The Morgan fingerprint density at radius 1 is 0.905 bits per heavy atom. The predicted molar refractivity (Wildman–Crippen MR) is 91.0 cm³/mol. The highest BCUT2D eigenvalue weighted by atomic mass is 16.2. The largest absolute Gasteiger partial charge is 0.369 e. The van der Waals surface area contributed by atoms with Crippen LogP contribution in [0.1, 0.15) is 58.8 Å². The van der Waals surface area contributed by atoms with Crippen LogP contribution in [0.25, 0.3) is 0 Å². The van der Waals surface area contributed by atoms with Gasteiger partial charge >= 0.3 is 0 Å². The van der Waals surface area contributed by atoms with E-state index in [0.29, 0.717) is 6.04 Å². The quantitative estimate of drug-likeness (QED) is 0.784. The Hall–Kier alpha value is -1.51. The van der Waals surface area contributed by atoms with Crippen LogP contribution in [0.4, 0.5) is 5.69 Å². The van der Waals surface area contributed by atoms with Gasteiger partial charge < -0.3 is 9.80 Å². The molecule has 1 aromatic rings. The number of anilines is 1. The van der Waals surface area contributed by atoms with E-state index in [9.17, 15) is 4.79 Å². The molecule has 0 saturated carbocycles. The van der Waals surface area contributed by atoms with Crippen molar-refractivity contribution in [3.63, 3.8) is 0 Å². The van der Waals surface area contributed by atoms with Crippen LogP contribution in [0.3, 0.4) is 0 Å². The maximum absolute atomic E-state index is 12.6. The molecule has 0 aromatic heterocycles. The van der Waals surface area contributed by atoms with Gasteiger partial charge in [0.1, 0.15) is 0 Å². The lowest BCUT2D eigenvalue weighted by Gasteiger charge is -2.31. The lowest BCUT2D eigenvalue weighted by atomic mass is 10.1. The van der Waals surface area contributed by atoms with Crippen LogP contribution in [-0.4, -0.2) is 35.5 Å². The van der Waals surface area contributed by atoms with Crippen molar-refractivity contribution >= 4 is 11.6 Å². The highest BCUT2D eigenvalue weighted by Crippen LogP contribution is 2.19. The van der Waals surface area contributed by atoms with Crippen LogP contribution < -0.4 is 4.90 Å². The maximum Gasteiger partial charge on any atom is 0.254 e. The van der Waals surface area contributed by atoms with Gasteiger partial charge in [0.2, 0.25) is 0 Å². The molecule has 0 radical (unpaired) electrons. The molecule has 0 atom stereocenters.